The third-order valence-electron chi connectivity index (χ3n) is 4.97. The van der Waals surface area contributed by atoms with Crippen molar-refractivity contribution in [3.63, 3.8) is 0 Å². The van der Waals surface area contributed by atoms with Crippen LogP contribution in [-0.4, -0.2) is 48.9 Å². The molecule has 0 bridgehead atoms. The molecule has 0 radical (unpaired) electrons. The van der Waals surface area contributed by atoms with Gasteiger partial charge in [-0.25, -0.2) is 0 Å². The van der Waals surface area contributed by atoms with E-state index >= 15 is 0 Å². The number of nitrogens with zero attached hydrogens (tertiary/aromatic N) is 1. The number of rotatable bonds is 5. The number of hydrogen-bond donors (Lipinski definition) is 1. The van der Waals surface area contributed by atoms with Crippen molar-refractivity contribution in [3.8, 4) is 0 Å². The van der Waals surface area contributed by atoms with Gasteiger partial charge in [0.15, 0.2) is 6.61 Å². The lowest BCUT2D eigenvalue weighted by Crippen LogP contribution is -2.38. The Kier molecular flexibility index (Phi) is 7.00. The molecule has 0 spiro atoms. The molecule has 3 rings (SSSR count). The lowest BCUT2D eigenvalue weighted by molar-refractivity contribution is -0.151. The Morgan fingerprint density at radius 1 is 0.893 bits per heavy atom. The van der Waals surface area contributed by atoms with Gasteiger partial charge in [-0.05, 0) is 35.7 Å². The van der Waals surface area contributed by atoms with Gasteiger partial charge >= 0.3 is 5.97 Å². The quantitative estimate of drug-likeness (QED) is 0.807. The van der Waals surface area contributed by atoms with Crippen molar-refractivity contribution >= 4 is 28.6 Å². The monoisotopic (exact) mass is 382 g/mol. The number of likely N-dealkylation sites (tertiary alicyclic amines) is 1. The molecule has 1 saturated heterocycles. The summed E-state index contributed by atoms with van der Waals surface area (Å²) in [7, 11) is 0. The molecule has 0 aliphatic carbocycles. The van der Waals surface area contributed by atoms with Gasteiger partial charge in [-0.1, -0.05) is 49.6 Å². The first kappa shape index (κ1) is 19.9. The lowest BCUT2D eigenvalue weighted by atomic mass is 10.1. The summed E-state index contributed by atoms with van der Waals surface area (Å²) in [6, 6.07) is 13.1. The molecule has 1 aliphatic rings. The van der Waals surface area contributed by atoms with Gasteiger partial charge in [0.05, 0.1) is 0 Å². The number of hydrogen-bond acceptors (Lipinski definition) is 4. The molecule has 6 nitrogen and oxygen atoms in total. The molecule has 1 heterocycles. The number of amides is 2. The molecule has 0 saturated carbocycles. The van der Waals surface area contributed by atoms with Gasteiger partial charge < -0.3 is 15.0 Å². The Labute approximate surface area is 164 Å². The molecule has 2 aromatic rings. The highest BCUT2D eigenvalue weighted by Crippen LogP contribution is 2.15. The molecule has 0 atom stereocenters. The molecular weight excluding hydrogens is 356 g/mol. The largest absolute Gasteiger partial charge is 0.454 e. The van der Waals surface area contributed by atoms with E-state index in [0.717, 1.165) is 49.5 Å². The number of fused-ring (bicyclic) bond motifs is 1. The first-order valence-corrected chi connectivity index (χ1v) is 9.84. The van der Waals surface area contributed by atoms with Crippen LogP contribution >= 0.6 is 0 Å². The van der Waals surface area contributed by atoms with Crippen molar-refractivity contribution in [1.82, 2.24) is 10.2 Å². The highest BCUT2D eigenvalue weighted by Gasteiger charge is 2.17. The van der Waals surface area contributed by atoms with Crippen LogP contribution in [0.15, 0.2) is 42.5 Å². The van der Waals surface area contributed by atoms with Crippen LogP contribution < -0.4 is 5.32 Å². The van der Waals surface area contributed by atoms with Gasteiger partial charge in [-0.15, -0.1) is 0 Å². The molecule has 28 heavy (non-hydrogen) atoms. The normalized spacial score (nSPS) is 14.8. The second-order valence-electron chi connectivity index (χ2n) is 7.05. The van der Waals surface area contributed by atoms with Crippen LogP contribution in [0.1, 0.15) is 42.5 Å². The second-order valence-corrected chi connectivity index (χ2v) is 7.05. The first-order valence-electron chi connectivity index (χ1n) is 9.84. The summed E-state index contributed by atoms with van der Waals surface area (Å²) < 4.78 is 5.04. The standard InChI is InChI=1S/C22H26N2O4/c25-20(24-12-6-2-1-3-7-13-24)16-28-21(26)15-23-22(27)19-11-10-17-8-4-5-9-18(17)14-19/h4-5,8-11,14H,1-3,6-7,12-13,15-16H2,(H,23,27). The summed E-state index contributed by atoms with van der Waals surface area (Å²) in [5.41, 5.74) is 0.475. The maximum Gasteiger partial charge on any atom is 0.325 e. The van der Waals surface area contributed by atoms with E-state index in [4.69, 9.17) is 4.74 Å². The van der Waals surface area contributed by atoms with Crippen molar-refractivity contribution in [2.45, 2.75) is 32.1 Å². The minimum absolute atomic E-state index is 0.170. The molecule has 2 aromatic carbocycles. The van der Waals surface area contributed by atoms with E-state index in [-0.39, 0.29) is 25.0 Å². The van der Waals surface area contributed by atoms with Crippen molar-refractivity contribution < 1.29 is 19.1 Å². The topological polar surface area (TPSA) is 75.7 Å². The zero-order chi connectivity index (χ0) is 19.8. The Hall–Kier alpha value is -2.89. The fraction of sp³-hybridized carbons (Fsp3) is 0.409. The fourth-order valence-corrected chi connectivity index (χ4v) is 3.37. The van der Waals surface area contributed by atoms with E-state index in [9.17, 15) is 14.4 Å². The summed E-state index contributed by atoms with van der Waals surface area (Å²) in [6.45, 7) is 0.897. The van der Waals surface area contributed by atoms with Crippen LogP contribution in [0.5, 0.6) is 0 Å². The van der Waals surface area contributed by atoms with Crippen LogP contribution in [0.3, 0.4) is 0 Å². The van der Waals surface area contributed by atoms with Gasteiger partial charge in [-0.2, -0.15) is 0 Å². The third-order valence-corrected chi connectivity index (χ3v) is 4.97. The minimum Gasteiger partial charge on any atom is -0.454 e. The predicted octanol–water partition coefficient (Wildman–Crippen LogP) is 2.91. The van der Waals surface area contributed by atoms with Crippen molar-refractivity contribution in [2.24, 2.45) is 0 Å². The Bertz CT molecular complexity index is 841. The van der Waals surface area contributed by atoms with Crippen LogP contribution in [0.4, 0.5) is 0 Å². The van der Waals surface area contributed by atoms with E-state index in [0.29, 0.717) is 5.56 Å². The number of esters is 1. The lowest BCUT2D eigenvalue weighted by Gasteiger charge is -2.24. The van der Waals surface area contributed by atoms with E-state index in [1.54, 1.807) is 17.0 Å². The molecule has 1 N–H and O–H groups in total. The number of nitrogens with one attached hydrogen (secondary N) is 1. The van der Waals surface area contributed by atoms with Crippen molar-refractivity contribution in [3.05, 3.63) is 48.0 Å². The van der Waals surface area contributed by atoms with Crippen molar-refractivity contribution in [1.29, 1.82) is 0 Å². The third kappa shape index (κ3) is 5.55. The first-order chi connectivity index (χ1) is 13.6. The van der Waals surface area contributed by atoms with Gasteiger partial charge in [-0.3, -0.25) is 14.4 Å². The Morgan fingerprint density at radius 2 is 1.57 bits per heavy atom. The van der Waals surface area contributed by atoms with Gasteiger partial charge in [0.2, 0.25) is 0 Å². The van der Waals surface area contributed by atoms with Crippen LogP contribution in [-0.2, 0) is 14.3 Å². The molecule has 0 aromatic heterocycles. The molecule has 0 unspecified atom stereocenters. The second kappa shape index (κ2) is 9.88. The van der Waals surface area contributed by atoms with Gasteiger partial charge in [0, 0.05) is 18.7 Å². The molecule has 6 heteroatoms. The maximum atomic E-state index is 12.3. The van der Waals surface area contributed by atoms with Gasteiger partial charge in [0.1, 0.15) is 6.54 Å². The molecule has 2 amide bonds. The van der Waals surface area contributed by atoms with E-state index in [2.05, 4.69) is 5.32 Å². The number of carbonyl (C=O) groups is 3. The SMILES string of the molecule is O=C(CNC(=O)c1ccc2ccccc2c1)OCC(=O)N1CCCCCCC1. The highest BCUT2D eigenvalue weighted by atomic mass is 16.5. The van der Waals surface area contributed by atoms with E-state index in [1.807, 2.05) is 30.3 Å². The molecule has 1 fully saturated rings. The maximum absolute atomic E-state index is 12.3. The Morgan fingerprint density at radius 3 is 2.32 bits per heavy atom. The summed E-state index contributed by atoms with van der Waals surface area (Å²) >= 11 is 0. The van der Waals surface area contributed by atoms with E-state index in [1.165, 1.54) is 6.42 Å². The minimum atomic E-state index is -0.616. The summed E-state index contributed by atoms with van der Waals surface area (Å²) in [6.07, 6.45) is 5.45. The van der Waals surface area contributed by atoms with Crippen molar-refractivity contribution in [2.75, 3.05) is 26.2 Å². The zero-order valence-electron chi connectivity index (χ0n) is 16.0. The predicted molar refractivity (Wildman–Crippen MR) is 107 cm³/mol. The smallest absolute Gasteiger partial charge is 0.325 e. The molecule has 148 valence electrons. The molecular formula is C22H26N2O4. The number of benzene rings is 2. The summed E-state index contributed by atoms with van der Waals surface area (Å²) in [4.78, 5) is 38.1. The van der Waals surface area contributed by atoms with Crippen LogP contribution in [0.2, 0.25) is 0 Å². The average Bonchev–Trinajstić information content (AvgIpc) is 2.69. The summed E-state index contributed by atoms with van der Waals surface area (Å²) in [5, 5.41) is 4.54. The molecule has 1 aliphatic heterocycles. The van der Waals surface area contributed by atoms with Gasteiger partial charge in [0.25, 0.3) is 11.8 Å². The zero-order valence-corrected chi connectivity index (χ0v) is 16.0. The Balaban J connectivity index is 1.44. The average molecular weight is 382 g/mol. The van der Waals surface area contributed by atoms with E-state index < -0.39 is 5.97 Å². The van der Waals surface area contributed by atoms with Crippen LogP contribution in [0, 0.1) is 0 Å². The summed E-state index contributed by atoms with van der Waals surface area (Å²) in [5.74, 6) is -1.14. The number of carbonyl (C=O) groups excluding carboxylic acids is 3. The highest BCUT2D eigenvalue weighted by molar-refractivity contribution is 5.99. The number of ether oxygens (including phenoxy) is 1. The fourth-order valence-electron chi connectivity index (χ4n) is 3.37. The van der Waals surface area contributed by atoms with Crippen LogP contribution in [0.25, 0.3) is 10.8 Å².